The van der Waals surface area contributed by atoms with Crippen molar-refractivity contribution in [1.29, 1.82) is 5.26 Å². The van der Waals surface area contributed by atoms with Crippen LogP contribution in [0.2, 0.25) is 0 Å². The van der Waals surface area contributed by atoms with Crippen LogP contribution in [0.4, 0.5) is 17.1 Å². The number of nitriles is 1. The quantitative estimate of drug-likeness (QED) is 0.168. The minimum atomic E-state index is -0.0658. The minimum Gasteiger partial charge on any atom is -0.375 e. The third-order valence-electron chi connectivity index (χ3n) is 12.9. The second-order valence-electron chi connectivity index (χ2n) is 16.2. The molecule has 274 valence electrons. The van der Waals surface area contributed by atoms with E-state index in [-0.39, 0.29) is 6.85 Å². The van der Waals surface area contributed by atoms with Gasteiger partial charge in [0.2, 0.25) is 0 Å². The first-order valence-electron chi connectivity index (χ1n) is 20.2. The molecule has 0 aliphatic carbocycles. The fourth-order valence-corrected chi connectivity index (χ4v) is 10.5. The van der Waals surface area contributed by atoms with Crippen molar-refractivity contribution < 1.29 is 0 Å². The van der Waals surface area contributed by atoms with Crippen LogP contribution in [0.3, 0.4) is 0 Å². The minimum absolute atomic E-state index is 0.0658. The van der Waals surface area contributed by atoms with E-state index >= 15 is 0 Å². The number of hydrogen-bond donors (Lipinski definition) is 0. The van der Waals surface area contributed by atoms with Crippen LogP contribution >= 0.6 is 0 Å². The summed E-state index contributed by atoms with van der Waals surface area (Å²) in [6.45, 7) is 11.2. The van der Waals surface area contributed by atoms with Gasteiger partial charge < -0.3 is 9.38 Å². The number of benzene rings is 8. The van der Waals surface area contributed by atoms with Gasteiger partial charge in [-0.2, -0.15) is 5.26 Å². The molecule has 0 spiro atoms. The Bertz CT molecular complexity index is 3210. The van der Waals surface area contributed by atoms with Gasteiger partial charge in [0, 0.05) is 44.4 Å². The molecule has 8 aromatic carbocycles. The van der Waals surface area contributed by atoms with E-state index in [9.17, 15) is 5.26 Å². The molecule has 11 rings (SSSR count). The lowest BCUT2D eigenvalue weighted by atomic mass is 9.44. The van der Waals surface area contributed by atoms with Crippen LogP contribution in [0.5, 0.6) is 0 Å². The summed E-state index contributed by atoms with van der Waals surface area (Å²) < 4.78 is 2.66. The van der Waals surface area contributed by atoms with Crippen molar-refractivity contribution in [3.8, 4) is 50.6 Å². The first-order valence-corrected chi connectivity index (χ1v) is 20.2. The van der Waals surface area contributed by atoms with E-state index in [2.05, 4.69) is 184 Å². The van der Waals surface area contributed by atoms with E-state index in [1.54, 1.807) is 0 Å². The Kier molecular flexibility index (Phi) is 7.49. The fourth-order valence-electron chi connectivity index (χ4n) is 10.5. The number of aromatic nitrogens is 1. The van der Waals surface area contributed by atoms with Crippen molar-refractivity contribution in [2.24, 2.45) is 0 Å². The average molecular weight is 742 g/mol. The van der Waals surface area contributed by atoms with Gasteiger partial charge in [-0.15, -0.1) is 0 Å². The fraction of sp³-hybridized carbons (Fsp3) is 0.0926. The SMILES string of the molecule is Cc1cccc(C)c1-c1ccc2c(c1)c1cc(-c3c(C)cccc3C)cc3c1n2B1c2ccccc2N(c2ccccc2)c2cc(-c4cccc(C#N)c4)c(C)c-3c21. The number of rotatable bonds is 4. The van der Waals surface area contributed by atoms with Crippen LogP contribution in [0, 0.1) is 45.9 Å². The Morgan fingerprint density at radius 1 is 0.500 bits per heavy atom. The summed E-state index contributed by atoms with van der Waals surface area (Å²) >= 11 is 0. The second kappa shape index (κ2) is 12.7. The summed E-state index contributed by atoms with van der Waals surface area (Å²) in [5, 5.41) is 12.6. The number of anilines is 3. The van der Waals surface area contributed by atoms with Gasteiger partial charge in [-0.05, 0) is 173 Å². The van der Waals surface area contributed by atoms with Gasteiger partial charge in [-0.25, -0.2) is 0 Å². The Morgan fingerprint density at radius 2 is 1.16 bits per heavy atom. The zero-order valence-corrected chi connectivity index (χ0v) is 33.4. The molecule has 0 radical (unpaired) electrons. The van der Waals surface area contributed by atoms with Crippen molar-refractivity contribution in [2.45, 2.75) is 34.6 Å². The van der Waals surface area contributed by atoms with Gasteiger partial charge in [0.15, 0.2) is 0 Å². The van der Waals surface area contributed by atoms with E-state index in [4.69, 9.17) is 0 Å². The van der Waals surface area contributed by atoms with Crippen molar-refractivity contribution in [1.82, 2.24) is 4.48 Å². The van der Waals surface area contributed by atoms with E-state index < -0.39 is 0 Å². The topological polar surface area (TPSA) is 32.0 Å². The molecule has 0 atom stereocenters. The van der Waals surface area contributed by atoms with Crippen LogP contribution in [0.15, 0.2) is 152 Å². The van der Waals surface area contributed by atoms with E-state index in [1.165, 1.54) is 99.6 Å². The van der Waals surface area contributed by atoms with E-state index in [0.717, 1.165) is 22.5 Å². The van der Waals surface area contributed by atoms with Gasteiger partial charge in [0.1, 0.15) is 0 Å². The highest BCUT2D eigenvalue weighted by molar-refractivity contribution is 6.90. The molecule has 0 unspecified atom stereocenters. The summed E-state index contributed by atoms with van der Waals surface area (Å²) in [5.41, 5.74) is 25.3. The number of fused-ring (bicyclic) bond motifs is 7. The molecule has 3 nitrogen and oxygen atoms in total. The Morgan fingerprint density at radius 3 is 1.88 bits per heavy atom. The predicted molar refractivity (Wildman–Crippen MR) is 245 cm³/mol. The first-order chi connectivity index (χ1) is 28.3. The third kappa shape index (κ3) is 4.80. The Balaban J connectivity index is 1.34. The van der Waals surface area contributed by atoms with Crippen molar-refractivity contribution in [3.05, 3.63) is 185 Å². The number of para-hydroxylation sites is 2. The maximum Gasteiger partial charge on any atom is 0.333 e. The smallest absolute Gasteiger partial charge is 0.333 e. The summed E-state index contributed by atoms with van der Waals surface area (Å²) in [4.78, 5) is 2.46. The molecule has 9 aromatic rings. The number of aryl methyl sites for hydroxylation is 4. The van der Waals surface area contributed by atoms with Gasteiger partial charge >= 0.3 is 6.85 Å². The number of hydrogen-bond acceptors (Lipinski definition) is 2. The van der Waals surface area contributed by atoms with Crippen LogP contribution in [0.25, 0.3) is 66.3 Å². The standard InChI is InChI=1S/C54H40BN3/c1-32-14-11-15-33(2)50(32)39-24-25-47-43(27-39)44-28-40(51-34(3)16-12-17-35(51)4)29-45-52-36(5)42(38-19-13-18-37(26-38)31-56)30-49-53(52)55(58(47)54(44)45)46-22-9-10-23-48(46)57(49)41-20-7-6-8-21-41/h6-30H,1-5H3. The lowest BCUT2D eigenvalue weighted by Crippen LogP contribution is -2.56. The van der Waals surface area contributed by atoms with Gasteiger partial charge in [-0.3, -0.25) is 0 Å². The lowest BCUT2D eigenvalue weighted by Gasteiger charge is -2.41. The van der Waals surface area contributed by atoms with Gasteiger partial charge in [0.25, 0.3) is 0 Å². The molecule has 4 heteroatoms. The first kappa shape index (κ1) is 34.2. The largest absolute Gasteiger partial charge is 0.375 e. The maximum absolute atomic E-state index is 10.0. The zero-order chi connectivity index (χ0) is 39.4. The molecule has 0 saturated heterocycles. The summed E-state index contributed by atoms with van der Waals surface area (Å²) in [6, 6.07) is 58.0. The second-order valence-corrected chi connectivity index (χ2v) is 16.2. The van der Waals surface area contributed by atoms with Crippen LogP contribution in [-0.2, 0) is 0 Å². The molecule has 0 amide bonds. The third-order valence-corrected chi connectivity index (χ3v) is 12.9. The number of nitrogens with zero attached hydrogens (tertiary/aromatic N) is 3. The van der Waals surface area contributed by atoms with Crippen LogP contribution in [-0.4, -0.2) is 11.3 Å². The molecular formula is C54H40BN3. The molecule has 0 fully saturated rings. The van der Waals surface area contributed by atoms with Crippen molar-refractivity contribution in [3.63, 3.8) is 0 Å². The lowest BCUT2D eigenvalue weighted by molar-refractivity contribution is 1.25. The van der Waals surface area contributed by atoms with Gasteiger partial charge in [-0.1, -0.05) is 91.0 Å². The molecule has 3 heterocycles. The maximum atomic E-state index is 10.0. The predicted octanol–water partition coefficient (Wildman–Crippen LogP) is 12.6. The molecule has 0 bridgehead atoms. The Labute approximate surface area is 340 Å². The van der Waals surface area contributed by atoms with Crippen LogP contribution in [0.1, 0.15) is 33.4 Å². The summed E-state index contributed by atoms with van der Waals surface area (Å²) in [5.74, 6) is 0. The average Bonchev–Trinajstić information content (AvgIpc) is 3.56. The van der Waals surface area contributed by atoms with Crippen molar-refractivity contribution in [2.75, 3.05) is 4.90 Å². The molecule has 0 saturated carbocycles. The normalized spacial score (nSPS) is 12.5. The molecule has 2 aliphatic rings. The summed E-state index contributed by atoms with van der Waals surface area (Å²) in [7, 11) is 0. The van der Waals surface area contributed by atoms with Crippen LogP contribution < -0.4 is 15.8 Å². The molecule has 0 N–H and O–H groups in total. The highest BCUT2D eigenvalue weighted by Gasteiger charge is 2.44. The molecular weight excluding hydrogens is 701 g/mol. The molecule has 58 heavy (non-hydrogen) atoms. The highest BCUT2D eigenvalue weighted by atomic mass is 15.2. The zero-order valence-electron chi connectivity index (χ0n) is 33.4. The van der Waals surface area contributed by atoms with E-state index in [0.29, 0.717) is 5.56 Å². The Hall–Kier alpha value is -7.09. The molecule has 1 aromatic heterocycles. The van der Waals surface area contributed by atoms with Crippen molar-refractivity contribution >= 4 is 56.6 Å². The summed E-state index contributed by atoms with van der Waals surface area (Å²) in [6.07, 6.45) is 0. The molecule has 2 aliphatic heterocycles. The van der Waals surface area contributed by atoms with Gasteiger partial charge in [0.05, 0.1) is 11.6 Å². The monoisotopic (exact) mass is 741 g/mol. The highest BCUT2D eigenvalue weighted by Crippen LogP contribution is 2.50. The van der Waals surface area contributed by atoms with E-state index in [1.807, 2.05) is 18.2 Å².